The Kier molecular flexibility index (Phi) is 5.48. The molecule has 0 spiro atoms. The van der Waals surface area contributed by atoms with Crippen LogP contribution in [0, 0.1) is 17.7 Å². The van der Waals surface area contributed by atoms with Crippen LogP contribution in [0.3, 0.4) is 0 Å². The Morgan fingerprint density at radius 1 is 1.26 bits per heavy atom. The second kappa shape index (κ2) is 6.87. The first kappa shape index (κ1) is 15.1. The summed E-state index contributed by atoms with van der Waals surface area (Å²) in [5.41, 5.74) is 0.766. The average molecular weight is 267 g/mol. The third-order valence-corrected chi connectivity index (χ3v) is 2.78. The standard InChI is InChI=1S/C14H18FNO3/c1-9(2)12(14(18)19-3)13(17)16-8-10-4-6-11(15)7-5-10/h4-7,9,12H,8H2,1-3H3,(H,16,17). The van der Waals surface area contributed by atoms with Gasteiger partial charge in [0.1, 0.15) is 11.7 Å². The molecule has 0 fully saturated rings. The van der Waals surface area contributed by atoms with E-state index < -0.39 is 11.9 Å². The molecule has 0 radical (unpaired) electrons. The molecule has 1 amide bonds. The summed E-state index contributed by atoms with van der Waals surface area (Å²) in [5, 5.41) is 2.65. The minimum atomic E-state index is -0.828. The SMILES string of the molecule is COC(=O)C(C(=O)NCc1ccc(F)cc1)C(C)C. The minimum Gasteiger partial charge on any atom is -0.468 e. The van der Waals surface area contributed by atoms with E-state index in [-0.39, 0.29) is 24.2 Å². The Hall–Kier alpha value is -1.91. The molecular formula is C14H18FNO3. The molecule has 0 aromatic heterocycles. The molecule has 1 aromatic rings. The van der Waals surface area contributed by atoms with Crippen LogP contribution in [0.5, 0.6) is 0 Å². The first-order chi connectivity index (χ1) is 8.95. The van der Waals surface area contributed by atoms with Gasteiger partial charge < -0.3 is 10.1 Å². The van der Waals surface area contributed by atoms with E-state index in [1.54, 1.807) is 26.0 Å². The number of esters is 1. The summed E-state index contributed by atoms with van der Waals surface area (Å²) >= 11 is 0. The van der Waals surface area contributed by atoms with Crippen LogP contribution in [0.15, 0.2) is 24.3 Å². The predicted molar refractivity (Wildman–Crippen MR) is 68.6 cm³/mol. The number of hydrogen-bond acceptors (Lipinski definition) is 3. The lowest BCUT2D eigenvalue weighted by atomic mass is 9.95. The first-order valence-corrected chi connectivity index (χ1v) is 6.05. The number of carbonyl (C=O) groups excluding carboxylic acids is 2. The third kappa shape index (κ3) is 4.35. The number of halogens is 1. The van der Waals surface area contributed by atoms with Gasteiger partial charge in [-0.15, -0.1) is 0 Å². The molecule has 1 rings (SSSR count). The minimum absolute atomic E-state index is 0.152. The number of nitrogens with one attached hydrogen (secondary N) is 1. The highest BCUT2D eigenvalue weighted by atomic mass is 19.1. The van der Waals surface area contributed by atoms with Crippen LogP contribution < -0.4 is 5.32 Å². The van der Waals surface area contributed by atoms with Gasteiger partial charge >= 0.3 is 5.97 Å². The van der Waals surface area contributed by atoms with Crippen molar-refractivity contribution in [3.8, 4) is 0 Å². The molecule has 1 N–H and O–H groups in total. The largest absolute Gasteiger partial charge is 0.468 e. The Morgan fingerprint density at radius 3 is 2.32 bits per heavy atom. The van der Waals surface area contributed by atoms with Crippen LogP contribution in [0.1, 0.15) is 19.4 Å². The first-order valence-electron chi connectivity index (χ1n) is 6.05. The molecule has 1 unspecified atom stereocenters. The van der Waals surface area contributed by atoms with Gasteiger partial charge in [-0.3, -0.25) is 9.59 Å². The van der Waals surface area contributed by atoms with Crippen molar-refractivity contribution < 1.29 is 18.7 Å². The van der Waals surface area contributed by atoms with E-state index in [0.29, 0.717) is 0 Å². The van der Waals surface area contributed by atoms with Crippen molar-refractivity contribution >= 4 is 11.9 Å². The molecule has 1 aromatic carbocycles. The average Bonchev–Trinajstić information content (AvgIpc) is 2.37. The van der Waals surface area contributed by atoms with E-state index >= 15 is 0 Å². The monoisotopic (exact) mass is 267 g/mol. The van der Waals surface area contributed by atoms with E-state index in [1.165, 1.54) is 19.2 Å². The highest BCUT2D eigenvalue weighted by Gasteiger charge is 2.30. The van der Waals surface area contributed by atoms with Crippen LogP contribution in [0.4, 0.5) is 4.39 Å². The molecule has 0 saturated carbocycles. The van der Waals surface area contributed by atoms with Crippen molar-refractivity contribution in [2.45, 2.75) is 20.4 Å². The van der Waals surface area contributed by atoms with Crippen LogP contribution in [0.2, 0.25) is 0 Å². The van der Waals surface area contributed by atoms with E-state index in [0.717, 1.165) is 5.56 Å². The quantitative estimate of drug-likeness (QED) is 0.654. The van der Waals surface area contributed by atoms with Gasteiger partial charge in [0.2, 0.25) is 5.91 Å². The molecule has 1 atom stereocenters. The van der Waals surface area contributed by atoms with Crippen molar-refractivity contribution in [1.82, 2.24) is 5.32 Å². The molecule has 4 nitrogen and oxygen atoms in total. The summed E-state index contributed by atoms with van der Waals surface area (Å²) in [5.74, 6) is -2.24. The highest BCUT2D eigenvalue weighted by Crippen LogP contribution is 2.13. The fraction of sp³-hybridized carbons (Fsp3) is 0.429. The zero-order valence-corrected chi connectivity index (χ0v) is 11.3. The lowest BCUT2D eigenvalue weighted by Gasteiger charge is -2.17. The van der Waals surface area contributed by atoms with Crippen molar-refractivity contribution in [1.29, 1.82) is 0 Å². The summed E-state index contributed by atoms with van der Waals surface area (Å²) in [6.07, 6.45) is 0. The van der Waals surface area contributed by atoms with Gasteiger partial charge in [0.25, 0.3) is 0 Å². The second-order valence-electron chi connectivity index (χ2n) is 4.59. The predicted octanol–water partition coefficient (Wildman–Crippen LogP) is 1.89. The topological polar surface area (TPSA) is 55.4 Å². The van der Waals surface area contributed by atoms with Gasteiger partial charge in [-0.2, -0.15) is 0 Å². The summed E-state index contributed by atoms with van der Waals surface area (Å²) in [7, 11) is 1.25. The maximum Gasteiger partial charge on any atom is 0.318 e. The molecule has 0 aliphatic carbocycles. The van der Waals surface area contributed by atoms with Crippen molar-refractivity contribution in [3.05, 3.63) is 35.6 Å². The summed E-state index contributed by atoms with van der Waals surface area (Å²) in [4.78, 5) is 23.5. The molecule has 19 heavy (non-hydrogen) atoms. The number of rotatable bonds is 5. The Bertz CT molecular complexity index is 443. The maximum absolute atomic E-state index is 12.7. The molecule has 0 aliphatic heterocycles. The zero-order chi connectivity index (χ0) is 14.4. The number of ether oxygens (including phenoxy) is 1. The van der Waals surface area contributed by atoms with Crippen molar-refractivity contribution in [2.75, 3.05) is 7.11 Å². The maximum atomic E-state index is 12.7. The van der Waals surface area contributed by atoms with E-state index in [4.69, 9.17) is 0 Å². The van der Waals surface area contributed by atoms with Crippen LogP contribution in [-0.2, 0) is 20.9 Å². The van der Waals surface area contributed by atoms with Crippen LogP contribution >= 0.6 is 0 Å². The van der Waals surface area contributed by atoms with Gasteiger partial charge in [0.15, 0.2) is 0 Å². The fourth-order valence-corrected chi connectivity index (χ4v) is 1.71. The number of methoxy groups -OCH3 is 1. The Labute approximate surface area is 112 Å². The van der Waals surface area contributed by atoms with Crippen LogP contribution in [0.25, 0.3) is 0 Å². The summed E-state index contributed by atoms with van der Waals surface area (Å²) < 4.78 is 17.3. The second-order valence-corrected chi connectivity index (χ2v) is 4.59. The molecule has 0 saturated heterocycles. The highest BCUT2D eigenvalue weighted by molar-refractivity contribution is 5.97. The van der Waals surface area contributed by atoms with Crippen molar-refractivity contribution in [2.24, 2.45) is 11.8 Å². The van der Waals surface area contributed by atoms with Gasteiger partial charge in [-0.25, -0.2) is 4.39 Å². The number of amides is 1. The normalized spacial score (nSPS) is 12.1. The lowest BCUT2D eigenvalue weighted by Crippen LogP contribution is -2.38. The van der Waals surface area contributed by atoms with Gasteiger partial charge in [-0.05, 0) is 23.6 Å². The van der Waals surface area contributed by atoms with E-state index in [9.17, 15) is 14.0 Å². The number of benzene rings is 1. The molecule has 0 aliphatic rings. The molecule has 0 heterocycles. The third-order valence-electron chi connectivity index (χ3n) is 2.78. The molecule has 5 heteroatoms. The zero-order valence-electron chi connectivity index (χ0n) is 11.3. The van der Waals surface area contributed by atoms with Crippen LogP contribution in [-0.4, -0.2) is 19.0 Å². The van der Waals surface area contributed by atoms with Gasteiger partial charge in [0.05, 0.1) is 7.11 Å². The summed E-state index contributed by atoms with van der Waals surface area (Å²) in [6, 6.07) is 5.81. The Balaban J connectivity index is 2.62. The molecule has 104 valence electrons. The van der Waals surface area contributed by atoms with Gasteiger partial charge in [0, 0.05) is 6.54 Å². The van der Waals surface area contributed by atoms with E-state index in [1.807, 2.05) is 0 Å². The van der Waals surface area contributed by atoms with Gasteiger partial charge in [-0.1, -0.05) is 26.0 Å². The molecule has 0 bridgehead atoms. The number of hydrogen-bond donors (Lipinski definition) is 1. The molecular weight excluding hydrogens is 249 g/mol. The smallest absolute Gasteiger partial charge is 0.318 e. The van der Waals surface area contributed by atoms with Crippen molar-refractivity contribution in [3.63, 3.8) is 0 Å². The number of carbonyl (C=O) groups is 2. The van der Waals surface area contributed by atoms with E-state index in [2.05, 4.69) is 10.1 Å². The Morgan fingerprint density at radius 2 is 1.84 bits per heavy atom. The lowest BCUT2D eigenvalue weighted by molar-refractivity contribution is -0.151. The summed E-state index contributed by atoms with van der Waals surface area (Å²) in [6.45, 7) is 3.80. The fourth-order valence-electron chi connectivity index (χ4n) is 1.71.